The smallest absolute Gasteiger partial charge is 0.225 e. The molecule has 4 unspecified atom stereocenters. The SMILES string of the molecule is CC1(C)CCCC(C(=O)N2CC3CCC(N)C3C2)C1. The molecule has 2 N–H and O–H groups in total. The van der Waals surface area contributed by atoms with Crippen LogP contribution in [0.25, 0.3) is 0 Å². The molecule has 3 nitrogen and oxygen atoms in total. The molecule has 1 saturated heterocycles. The van der Waals surface area contributed by atoms with Crippen LogP contribution in [-0.2, 0) is 4.79 Å². The Labute approximate surface area is 116 Å². The minimum absolute atomic E-state index is 0.277. The highest BCUT2D eigenvalue weighted by Crippen LogP contribution is 2.42. The zero-order valence-corrected chi connectivity index (χ0v) is 12.4. The van der Waals surface area contributed by atoms with E-state index in [0.717, 1.165) is 32.4 Å². The van der Waals surface area contributed by atoms with Gasteiger partial charge < -0.3 is 10.6 Å². The highest BCUT2D eigenvalue weighted by molar-refractivity contribution is 5.79. The molecule has 108 valence electrons. The summed E-state index contributed by atoms with van der Waals surface area (Å²) in [7, 11) is 0. The molecule has 3 rings (SSSR count). The molecule has 2 aliphatic carbocycles. The van der Waals surface area contributed by atoms with E-state index in [9.17, 15) is 4.79 Å². The molecule has 19 heavy (non-hydrogen) atoms. The Morgan fingerprint density at radius 3 is 2.68 bits per heavy atom. The lowest BCUT2D eigenvalue weighted by Gasteiger charge is -2.36. The number of hydrogen-bond donors (Lipinski definition) is 1. The number of likely N-dealkylation sites (tertiary alicyclic amines) is 1. The van der Waals surface area contributed by atoms with E-state index in [-0.39, 0.29) is 5.92 Å². The molecule has 3 fully saturated rings. The Kier molecular flexibility index (Phi) is 3.36. The van der Waals surface area contributed by atoms with Gasteiger partial charge in [0.15, 0.2) is 0 Å². The number of rotatable bonds is 1. The molecule has 4 atom stereocenters. The molecule has 1 amide bonds. The maximum atomic E-state index is 12.7. The lowest BCUT2D eigenvalue weighted by Crippen LogP contribution is -2.40. The number of nitrogens with two attached hydrogens (primary N) is 1. The molecule has 2 saturated carbocycles. The number of carbonyl (C=O) groups is 1. The number of carbonyl (C=O) groups excluding carboxylic acids is 1. The molecule has 0 aromatic heterocycles. The Morgan fingerprint density at radius 2 is 2.00 bits per heavy atom. The molecule has 3 aliphatic rings. The summed E-state index contributed by atoms with van der Waals surface area (Å²) in [6.07, 6.45) is 7.04. The van der Waals surface area contributed by atoms with Crippen LogP contribution in [0.15, 0.2) is 0 Å². The number of nitrogens with zero attached hydrogens (tertiary/aromatic N) is 1. The Hall–Kier alpha value is -0.570. The van der Waals surface area contributed by atoms with Crippen molar-refractivity contribution in [3.63, 3.8) is 0 Å². The second-order valence-electron chi connectivity index (χ2n) is 7.87. The third-order valence-corrected chi connectivity index (χ3v) is 5.78. The Balaban J connectivity index is 1.62. The maximum Gasteiger partial charge on any atom is 0.225 e. The summed E-state index contributed by atoms with van der Waals surface area (Å²) >= 11 is 0. The van der Waals surface area contributed by atoms with Crippen LogP contribution in [-0.4, -0.2) is 29.9 Å². The summed E-state index contributed by atoms with van der Waals surface area (Å²) in [6, 6.07) is 0.339. The second kappa shape index (κ2) is 4.76. The standard InChI is InChI=1S/C16H28N2O/c1-16(2)7-3-4-11(8-16)15(19)18-9-12-5-6-14(17)13(12)10-18/h11-14H,3-10,17H2,1-2H3. The highest BCUT2D eigenvalue weighted by Gasteiger charge is 2.44. The van der Waals surface area contributed by atoms with E-state index in [1.807, 2.05) is 0 Å². The fraction of sp³-hybridized carbons (Fsp3) is 0.938. The van der Waals surface area contributed by atoms with Gasteiger partial charge in [-0.3, -0.25) is 4.79 Å². The van der Waals surface area contributed by atoms with Gasteiger partial charge in [-0.05, 0) is 49.4 Å². The third kappa shape index (κ3) is 2.54. The minimum Gasteiger partial charge on any atom is -0.342 e. The first kappa shape index (κ1) is 13.4. The summed E-state index contributed by atoms with van der Waals surface area (Å²) < 4.78 is 0. The number of hydrogen-bond acceptors (Lipinski definition) is 2. The maximum absolute atomic E-state index is 12.7. The molecular weight excluding hydrogens is 236 g/mol. The van der Waals surface area contributed by atoms with Crippen molar-refractivity contribution in [1.29, 1.82) is 0 Å². The van der Waals surface area contributed by atoms with Gasteiger partial charge in [0, 0.05) is 25.0 Å². The summed E-state index contributed by atoms with van der Waals surface area (Å²) in [4.78, 5) is 14.9. The van der Waals surface area contributed by atoms with E-state index in [1.54, 1.807) is 0 Å². The largest absolute Gasteiger partial charge is 0.342 e. The summed E-state index contributed by atoms with van der Waals surface area (Å²) in [5.74, 6) is 1.98. The predicted molar refractivity (Wildman–Crippen MR) is 76.5 cm³/mol. The van der Waals surface area contributed by atoms with Crippen molar-refractivity contribution in [2.75, 3.05) is 13.1 Å². The van der Waals surface area contributed by atoms with Crippen molar-refractivity contribution in [3.05, 3.63) is 0 Å². The van der Waals surface area contributed by atoms with E-state index in [0.29, 0.717) is 29.2 Å². The van der Waals surface area contributed by atoms with E-state index in [1.165, 1.54) is 19.3 Å². The van der Waals surface area contributed by atoms with Crippen LogP contribution in [0.3, 0.4) is 0 Å². The average Bonchev–Trinajstić information content (AvgIpc) is 2.90. The Morgan fingerprint density at radius 1 is 1.21 bits per heavy atom. The molecule has 0 spiro atoms. The first-order valence-corrected chi connectivity index (χ1v) is 8.01. The van der Waals surface area contributed by atoms with Crippen LogP contribution in [0.5, 0.6) is 0 Å². The molecule has 0 aromatic carbocycles. The monoisotopic (exact) mass is 264 g/mol. The minimum atomic E-state index is 0.277. The fourth-order valence-corrected chi connectivity index (χ4v) is 4.65. The van der Waals surface area contributed by atoms with Crippen molar-refractivity contribution in [2.45, 2.75) is 58.4 Å². The van der Waals surface area contributed by atoms with Crippen molar-refractivity contribution in [1.82, 2.24) is 4.90 Å². The van der Waals surface area contributed by atoms with Gasteiger partial charge in [-0.1, -0.05) is 20.3 Å². The Bertz CT molecular complexity index is 366. The molecule has 0 radical (unpaired) electrons. The molecule has 3 heteroatoms. The average molecular weight is 264 g/mol. The van der Waals surface area contributed by atoms with Crippen molar-refractivity contribution >= 4 is 5.91 Å². The van der Waals surface area contributed by atoms with Gasteiger partial charge in [0.1, 0.15) is 0 Å². The van der Waals surface area contributed by atoms with Gasteiger partial charge in [-0.25, -0.2) is 0 Å². The van der Waals surface area contributed by atoms with Gasteiger partial charge >= 0.3 is 0 Å². The molecule has 0 aromatic rings. The van der Waals surface area contributed by atoms with Gasteiger partial charge in [0.2, 0.25) is 5.91 Å². The van der Waals surface area contributed by atoms with Crippen LogP contribution in [0.2, 0.25) is 0 Å². The van der Waals surface area contributed by atoms with Gasteiger partial charge in [-0.2, -0.15) is 0 Å². The van der Waals surface area contributed by atoms with Crippen molar-refractivity contribution < 1.29 is 4.79 Å². The molecule has 0 bridgehead atoms. The van der Waals surface area contributed by atoms with Crippen molar-refractivity contribution in [2.24, 2.45) is 28.9 Å². The number of amides is 1. The summed E-state index contributed by atoms with van der Waals surface area (Å²) in [5.41, 5.74) is 6.52. The topological polar surface area (TPSA) is 46.3 Å². The van der Waals surface area contributed by atoms with Crippen LogP contribution >= 0.6 is 0 Å². The zero-order chi connectivity index (χ0) is 13.6. The van der Waals surface area contributed by atoms with Gasteiger partial charge in [0.05, 0.1) is 0 Å². The second-order valence-corrected chi connectivity index (χ2v) is 7.87. The van der Waals surface area contributed by atoms with E-state index >= 15 is 0 Å². The van der Waals surface area contributed by atoms with Crippen LogP contribution in [0, 0.1) is 23.2 Å². The fourth-order valence-electron chi connectivity index (χ4n) is 4.65. The predicted octanol–water partition coefficient (Wildman–Crippen LogP) is 2.40. The van der Waals surface area contributed by atoms with E-state index in [4.69, 9.17) is 5.73 Å². The third-order valence-electron chi connectivity index (χ3n) is 5.78. The number of fused-ring (bicyclic) bond motifs is 1. The highest BCUT2D eigenvalue weighted by atomic mass is 16.2. The quantitative estimate of drug-likeness (QED) is 0.790. The summed E-state index contributed by atoms with van der Waals surface area (Å²) in [6.45, 7) is 6.53. The van der Waals surface area contributed by atoms with Crippen molar-refractivity contribution in [3.8, 4) is 0 Å². The molecule has 1 heterocycles. The van der Waals surface area contributed by atoms with Gasteiger partial charge in [-0.15, -0.1) is 0 Å². The van der Waals surface area contributed by atoms with E-state index in [2.05, 4.69) is 18.7 Å². The lowest BCUT2D eigenvalue weighted by molar-refractivity contribution is -0.137. The van der Waals surface area contributed by atoms with Gasteiger partial charge in [0.25, 0.3) is 0 Å². The van der Waals surface area contributed by atoms with Crippen LogP contribution < -0.4 is 5.73 Å². The van der Waals surface area contributed by atoms with Crippen LogP contribution in [0.1, 0.15) is 52.4 Å². The summed E-state index contributed by atoms with van der Waals surface area (Å²) in [5, 5.41) is 0. The normalized spacial score (nSPS) is 41.3. The first-order valence-electron chi connectivity index (χ1n) is 8.01. The first-order chi connectivity index (χ1) is 8.96. The molecule has 1 aliphatic heterocycles. The molecular formula is C16H28N2O. The van der Waals surface area contributed by atoms with Crippen LogP contribution in [0.4, 0.5) is 0 Å². The van der Waals surface area contributed by atoms with E-state index < -0.39 is 0 Å². The lowest BCUT2D eigenvalue weighted by atomic mass is 9.72. The zero-order valence-electron chi connectivity index (χ0n) is 12.4.